The Hall–Kier alpha value is -1.56. The molecule has 1 spiro atoms. The molecule has 4 nitrogen and oxygen atoms in total. The molecular formula is C21H26N2O2S. The zero-order valence-corrected chi connectivity index (χ0v) is 16.3. The van der Waals surface area contributed by atoms with Gasteiger partial charge in [-0.15, -0.1) is 11.8 Å². The van der Waals surface area contributed by atoms with Gasteiger partial charge in [-0.3, -0.25) is 9.88 Å². The van der Waals surface area contributed by atoms with Gasteiger partial charge < -0.3 is 9.47 Å². The Labute approximate surface area is 159 Å². The van der Waals surface area contributed by atoms with E-state index >= 15 is 0 Å². The van der Waals surface area contributed by atoms with Crippen molar-refractivity contribution in [2.24, 2.45) is 0 Å². The number of methoxy groups -OCH3 is 1. The zero-order chi connectivity index (χ0) is 18.0. The number of likely N-dealkylation sites (tertiary alicyclic amines) is 1. The standard InChI is InChI=1S/C21H26N2O2S/c1-16-5-3-7-18(22-16)12-25-20-10-21(26-13-20)14-23(15-21)11-17-6-4-8-19(9-17)24-2/h3-9,20H,10-15H2,1-2H3/t20-/m0/s1. The number of thioether (sulfide) groups is 1. The molecule has 0 aliphatic carbocycles. The second-order valence-corrected chi connectivity index (χ2v) is 8.89. The van der Waals surface area contributed by atoms with Gasteiger partial charge in [0.1, 0.15) is 5.75 Å². The third-order valence-corrected chi connectivity index (χ3v) is 6.73. The van der Waals surface area contributed by atoms with Crippen molar-refractivity contribution in [1.82, 2.24) is 9.88 Å². The van der Waals surface area contributed by atoms with Crippen LogP contribution in [0.15, 0.2) is 42.5 Å². The summed E-state index contributed by atoms with van der Waals surface area (Å²) >= 11 is 2.09. The molecule has 0 saturated carbocycles. The highest BCUT2D eigenvalue weighted by atomic mass is 32.2. The first kappa shape index (κ1) is 17.8. The lowest BCUT2D eigenvalue weighted by Gasteiger charge is -2.47. The third kappa shape index (κ3) is 4.05. The molecule has 0 unspecified atom stereocenters. The number of aromatic nitrogens is 1. The van der Waals surface area contributed by atoms with Gasteiger partial charge >= 0.3 is 0 Å². The van der Waals surface area contributed by atoms with Crippen LogP contribution in [-0.4, -0.2) is 46.7 Å². The number of hydrogen-bond acceptors (Lipinski definition) is 5. The van der Waals surface area contributed by atoms with Crippen molar-refractivity contribution in [1.29, 1.82) is 0 Å². The van der Waals surface area contributed by atoms with Gasteiger partial charge in [0.25, 0.3) is 0 Å². The van der Waals surface area contributed by atoms with Crippen LogP contribution in [-0.2, 0) is 17.9 Å². The lowest BCUT2D eigenvalue weighted by Crippen LogP contribution is -2.58. The summed E-state index contributed by atoms with van der Waals surface area (Å²) in [5.41, 5.74) is 3.40. The number of rotatable bonds is 6. The Bertz CT molecular complexity index is 761. The fourth-order valence-electron chi connectivity index (χ4n) is 3.92. The molecule has 4 rings (SSSR count). The lowest BCUT2D eigenvalue weighted by atomic mass is 9.92. The van der Waals surface area contributed by atoms with Crippen LogP contribution in [0.5, 0.6) is 5.75 Å². The molecular weight excluding hydrogens is 344 g/mol. The van der Waals surface area contributed by atoms with E-state index < -0.39 is 0 Å². The SMILES string of the molecule is COc1cccc(CN2CC3(C[C@H](OCc4cccc(C)n4)CS3)C2)c1. The van der Waals surface area contributed by atoms with Crippen molar-refractivity contribution in [3.63, 3.8) is 0 Å². The summed E-state index contributed by atoms with van der Waals surface area (Å²) in [6, 6.07) is 14.5. The average molecular weight is 371 g/mol. The van der Waals surface area contributed by atoms with Crippen molar-refractivity contribution in [3.8, 4) is 5.75 Å². The molecule has 0 radical (unpaired) electrons. The summed E-state index contributed by atoms with van der Waals surface area (Å²) in [7, 11) is 1.72. The van der Waals surface area contributed by atoms with Crippen molar-refractivity contribution >= 4 is 11.8 Å². The monoisotopic (exact) mass is 370 g/mol. The van der Waals surface area contributed by atoms with Crippen molar-refractivity contribution < 1.29 is 9.47 Å². The van der Waals surface area contributed by atoms with E-state index in [0.29, 0.717) is 17.5 Å². The number of hydrogen-bond donors (Lipinski definition) is 0. The molecule has 2 aromatic rings. The Morgan fingerprint density at radius 3 is 2.88 bits per heavy atom. The minimum absolute atomic E-state index is 0.348. The second kappa shape index (κ2) is 7.59. The summed E-state index contributed by atoms with van der Waals surface area (Å²) in [6.07, 6.45) is 1.50. The molecule has 2 aliphatic heterocycles. The second-order valence-electron chi connectivity index (χ2n) is 7.40. The highest BCUT2D eigenvalue weighted by Gasteiger charge is 2.49. The van der Waals surface area contributed by atoms with Crippen LogP contribution in [0.4, 0.5) is 0 Å². The minimum atomic E-state index is 0.348. The average Bonchev–Trinajstić information content (AvgIpc) is 3.04. The van der Waals surface area contributed by atoms with Gasteiger partial charge in [0.2, 0.25) is 0 Å². The first-order valence-electron chi connectivity index (χ1n) is 9.18. The van der Waals surface area contributed by atoms with E-state index in [1.807, 2.05) is 31.2 Å². The number of nitrogens with zero attached hydrogens (tertiary/aromatic N) is 2. The number of benzene rings is 1. The normalized spacial score (nSPS) is 21.7. The molecule has 0 N–H and O–H groups in total. The predicted octanol–water partition coefficient (Wildman–Crippen LogP) is 3.68. The maximum absolute atomic E-state index is 6.14. The van der Waals surface area contributed by atoms with E-state index in [2.05, 4.69) is 39.8 Å². The third-order valence-electron chi connectivity index (χ3n) is 5.15. The smallest absolute Gasteiger partial charge is 0.119 e. The molecule has 2 fully saturated rings. The Balaban J connectivity index is 1.24. The maximum atomic E-state index is 6.14. The largest absolute Gasteiger partial charge is 0.497 e. The Kier molecular flexibility index (Phi) is 5.20. The van der Waals surface area contributed by atoms with Crippen LogP contribution in [0.25, 0.3) is 0 Å². The molecule has 1 aromatic heterocycles. The molecule has 2 saturated heterocycles. The lowest BCUT2D eigenvalue weighted by molar-refractivity contribution is 0.0250. The zero-order valence-electron chi connectivity index (χ0n) is 15.5. The van der Waals surface area contributed by atoms with Gasteiger partial charge in [0, 0.05) is 35.8 Å². The topological polar surface area (TPSA) is 34.6 Å². The Morgan fingerprint density at radius 2 is 2.08 bits per heavy atom. The van der Waals surface area contributed by atoms with Gasteiger partial charge in [0.15, 0.2) is 0 Å². The molecule has 3 heterocycles. The maximum Gasteiger partial charge on any atom is 0.119 e. The summed E-state index contributed by atoms with van der Waals surface area (Å²) in [5, 5.41) is 0. The van der Waals surface area contributed by atoms with E-state index in [9.17, 15) is 0 Å². The number of aryl methyl sites for hydroxylation is 1. The molecule has 2 aliphatic rings. The van der Waals surface area contributed by atoms with Gasteiger partial charge in [-0.2, -0.15) is 0 Å². The molecule has 0 amide bonds. The van der Waals surface area contributed by atoms with Crippen molar-refractivity contribution in [2.45, 2.75) is 37.3 Å². The fourth-order valence-corrected chi connectivity index (χ4v) is 5.53. The van der Waals surface area contributed by atoms with Crippen molar-refractivity contribution in [3.05, 3.63) is 59.4 Å². The number of ether oxygens (including phenoxy) is 2. The molecule has 1 aromatic carbocycles. The van der Waals surface area contributed by atoms with Crippen LogP contribution in [0.3, 0.4) is 0 Å². The van der Waals surface area contributed by atoms with Gasteiger partial charge in [-0.05, 0) is 43.2 Å². The van der Waals surface area contributed by atoms with Crippen LogP contribution in [0.1, 0.15) is 23.4 Å². The summed E-state index contributed by atoms with van der Waals surface area (Å²) in [4.78, 5) is 7.05. The highest BCUT2D eigenvalue weighted by molar-refractivity contribution is 8.01. The first-order chi connectivity index (χ1) is 12.6. The fraction of sp³-hybridized carbons (Fsp3) is 0.476. The molecule has 1 atom stereocenters. The van der Waals surface area contributed by atoms with E-state index in [4.69, 9.17) is 9.47 Å². The molecule has 138 valence electrons. The quantitative estimate of drug-likeness (QED) is 0.775. The Morgan fingerprint density at radius 1 is 1.23 bits per heavy atom. The van der Waals surface area contributed by atoms with Crippen LogP contribution >= 0.6 is 11.8 Å². The van der Waals surface area contributed by atoms with Crippen LogP contribution < -0.4 is 4.74 Å². The first-order valence-corrected chi connectivity index (χ1v) is 10.2. The molecule has 5 heteroatoms. The summed E-state index contributed by atoms with van der Waals surface area (Å²) in [5.74, 6) is 2.03. The van der Waals surface area contributed by atoms with E-state index in [1.54, 1.807) is 7.11 Å². The summed E-state index contributed by atoms with van der Waals surface area (Å²) < 4.78 is 11.9. The van der Waals surface area contributed by atoms with Crippen LogP contribution in [0, 0.1) is 6.92 Å². The predicted molar refractivity (Wildman–Crippen MR) is 106 cm³/mol. The van der Waals surface area contributed by atoms with E-state index in [1.165, 1.54) is 5.56 Å². The molecule has 0 bridgehead atoms. The van der Waals surface area contributed by atoms with Crippen LogP contribution in [0.2, 0.25) is 0 Å². The van der Waals surface area contributed by atoms with E-state index in [0.717, 1.165) is 48.9 Å². The van der Waals surface area contributed by atoms with E-state index in [-0.39, 0.29) is 0 Å². The minimum Gasteiger partial charge on any atom is -0.497 e. The summed E-state index contributed by atoms with van der Waals surface area (Å²) in [6.45, 7) is 5.94. The number of pyridine rings is 1. The highest BCUT2D eigenvalue weighted by Crippen LogP contribution is 2.46. The van der Waals surface area contributed by atoms with Crippen molar-refractivity contribution in [2.75, 3.05) is 26.0 Å². The molecule has 26 heavy (non-hydrogen) atoms. The van der Waals surface area contributed by atoms with Gasteiger partial charge in [-0.1, -0.05) is 18.2 Å². The van der Waals surface area contributed by atoms with Gasteiger partial charge in [-0.25, -0.2) is 0 Å². The van der Waals surface area contributed by atoms with Gasteiger partial charge in [0.05, 0.1) is 25.5 Å².